The number of hydrogen-bond donors (Lipinski definition) is 1. The third-order valence-electron chi connectivity index (χ3n) is 7.17. The molecule has 0 atom stereocenters. The van der Waals surface area contributed by atoms with Gasteiger partial charge in [-0.2, -0.15) is 0 Å². The van der Waals surface area contributed by atoms with Crippen molar-refractivity contribution in [2.45, 2.75) is 70.4 Å². The van der Waals surface area contributed by atoms with Gasteiger partial charge in [0.2, 0.25) is 5.91 Å². The summed E-state index contributed by atoms with van der Waals surface area (Å²) in [6, 6.07) is 12.2. The molecule has 2 aromatic carbocycles. The van der Waals surface area contributed by atoms with Crippen LogP contribution < -0.4 is 20.3 Å². The Morgan fingerprint density at radius 3 is 2.28 bits per heavy atom. The van der Waals surface area contributed by atoms with Gasteiger partial charge in [-0.15, -0.1) is 0 Å². The highest BCUT2D eigenvalue weighted by Gasteiger charge is 2.26. The van der Waals surface area contributed by atoms with Gasteiger partial charge in [0.25, 0.3) is 5.56 Å². The number of nitrogens with one attached hydrogen (secondary N) is 1. The number of sulfone groups is 1. The van der Waals surface area contributed by atoms with Crippen LogP contribution in [0.15, 0.2) is 58.4 Å². The monoisotopic (exact) mass is 552 g/mol. The van der Waals surface area contributed by atoms with E-state index in [1.807, 2.05) is 32.0 Å². The minimum absolute atomic E-state index is 0.0439. The van der Waals surface area contributed by atoms with Crippen LogP contribution in [0, 0.1) is 13.8 Å². The molecule has 208 valence electrons. The summed E-state index contributed by atoms with van der Waals surface area (Å²) in [6.45, 7) is 7.03. The fourth-order valence-corrected chi connectivity index (χ4v) is 5.85. The summed E-state index contributed by atoms with van der Waals surface area (Å²) < 4.78 is 39.9. The van der Waals surface area contributed by atoms with Crippen LogP contribution in [0.5, 0.6) is 17.2 Å². The smallest absolute Gasteiger partial charge is 0.254 e. The quantitative estimate of drug-likeness (QED) is 0.418. The van der Waals surface area contributed by atoms with Gasteiger partial charge in [0.15, 0.2) is 9.84 Å². The van der Waals surface area contributed by atoms with Gasteiger partial charge in [-0.1, -0.05) is 25.1 Å². The third kappa shape index (κ3) is 6.53. The van der Waals surface area contributed by atoms with Crippen molar-refractivity contribution in [1.82, 2.24) is 9.88 Å². The topological polar surface area (TPSA) is 104 Å². The van der Waals surface area contributed by atoms with Crippen molar-refractivity contribution < 1.29 is 22.7 Å². The van der Waals surface area contributed by atoms with Gasteiger partial charge in [0.05, 0.1) is 16.8 Å². The summed E-state index contributed by atoms with van der Waals surface area (Å²) in [6.07, 6.45) is 4.50. The number of hydrogen-bond acceptors (Lipinski definition) is 6. The van der Waals surface area contributed by atoms with Crippen LogP contribution >= 0.6 is 0 Å². The molecule has 0 unspecified atom stereocenters. The summed E-state index contributed by atoms with van der Waals surface area (Å²) in [5.74, 6) is 1.43. The van der Waals surface area contributed by atoms with E-state index in [9.17, 15) is 18.0 Å². The van der Waals surface area contributed by atoms with Crippen molar-refractivity contribution in [3.05, 3.63) is 70.1 Å². The van der Waals surface area contributed by atoms with Crippen molar-refractivity contribution in [2.75, 3.05) is 5.75 Å². The lowest BCUT2D eigenvalue weighted by molar-refractivity contribution is -0.120. The van der Waals surface area contributed by atoms with E-state index in [0.29, 0.717) is 28.4 Å². The second kappa shape index (κ2) is 11.7. The Bertz CT molecular complexity index is 1520. The highest BCUT2D eigenvalue weighted by atomic mass is 32.2. The van der Waals surface area contributed by atoms with Crippen molar-refractivity contribution >= 4 is 15.7 Å². The molecule has 8 nitrogen and oxygen atoms in total. The first-order valence-corrected chi connectivity index (χ1v) is 14.9. The zero-order valence-electron chi connectivity index (χ0n) is 23.1. The molecule has 0 spiro atoms. The Morgan fingerprint density at radius 2 is 1.67 bits per heavy atom. The molecule has 0 bridgehead atoms. The molecule has 39 heavy (non-hydrogen) atoms. The van der Waals surface area contributed by atoms with Crippen LogP contribution in [0.4, 0.5) is 0 Å². The van der Waals surface area contributed by atoms with Gasteiger partial charge in [0, 0.05) is 43.4 Å². The highest BCUT2D eigenvalue weighted by Crippen LogP contribution is 2.41. The van der Waals surface area contributed by atoms with Gasteiger partial charge in [0.1, 0.15) is 17.2 Å². The van der Waals surface area contributed by atoms with Crippen molar-refractivity contribution in [3.63, 3.8) is 0 Å². The summed E-state index contributed by atoms with van der Waals surface area (Å²) >= 11 is 0. The van der Waals surface area contributed by atoms with Gasteiger partial charge in [-0.05, 0) is 68.9 Å². The number of aryl methyl sites for hydroxylation is 3. The molecule has 1 aliphatic rings. The van der Waals surface area contributed by atoms with Gasteiger partial charge >= 0.3 is 0 Å². The second-order valence-electron chi connectivity index (χ2n) is 10.2. The SMILES string of the molecule is CCS(=O)(=O)c1ccc(Oc2c(C)cccc2C)c(-c2cn(C)c(=O)cc2OC2CCC(NC(C)=O)CC2)c1. The Kier molecular flexibility index (Phi) is 8.49. The molecular formula is C30H36N2O6S. The number of benzene rings is 2. The summed E-state index contributed by atoms with van der Waals surface area (Å²) in [5, 5.41) is 2.96. The molecule has 1 N–H and O–H groups in total. The predicted octanol–water partition coefficient (Wildman–Crippen LogP) is 5.08. The Hall–Kier alpha value is -3.59. The lowest BCUT2D eigenvalue weighted by Gasteiger charge is -2.30. The maximum absolute atomic E-state index is 12.8. The molecule has 9 heteroatoms. The maximum Gasteiger partial charge on any atom is 0.254 e. The minimum atomic E-state index is -3.51. The second-order valence-corrected chi connectivity index (χ2v) is 12.5. The van der Waals surface area contributed by atoms with Crippen LogP contribution in [-0.2, 0) is 21.7 Å². The molecule has 0 aliphatic heterocycles. The van der Waals surface area contributed by atoms with E-state index < -0.39 is 9.84 Å². The standard InChI is InChI=1S/C30H36N2O6S/c1-6-39(35,36)24-14-15-27(38-30-19(2)8-7-9-20(30)3)25(16-24)26-18-32(5)29(34)17-28(26)37-23-12-10-22(11-13-23)31-21(4)33/h7-9,14-18,22-23H,6,10-13H2,1-5H3,(H,31,33). The predicted molar refractivity (Wildman–Crippen MR) is 151 cm³/mol. The minimum Gasteiger partial charge on any atom is -0.490 e. The van der Waals surface area contributed by atoms with Crippen molar-refractivity contribution in [1.29, 1.82) is 0 Å². The van der Waals surface area contributed by atoms with Gasteiger partial charge in [-0.25, -0.2) is 8.42 Å². The zero-order valence-corrected chi connectivity index (χ0v) is 23.9. The number of carbonyl (C=O) groups is 1. The first kappa shape index (κ1) is 28.4. The number of nitrogens with zero attached hydrogens (tertiary/aromatic N) is 1. The average molecular weight is 553 g/mol. The van der Waals surface area contributed by atoms with Gasteiger partial charge in [-0.3, -0.25) is 9.59 Å². The van der Waals surface area contributed by atoms with Crippen molar-refractivity contribution in [2.24, 2.45) is 7.05 Å². The first-order valence-electron chi connectivity index (χ1n) is 13.2. The van der Waals surface area contributed by atoms with Crippen LogP contribution in [0.3, 0.4) is 0 Å². The number of aromatic nitrogens is 1. The molecule has 1 amide bonds. The molecule has 1 heterocycles. The fraction of sp³-hybridized carbons (Fsp3) is 0.400. The number of pyridine rings is 1. The number of ether oxygens (including phenoxy) is 2. The number of rotatable bonds is 8. The number of amides is 1. The van der Waals surface area contributed by atoms with E-state index in [0.717, 1.165) is 36.8 Å². The van der Waals surface area contributed by atoms with E-state index in [1.54, 1.807) is 38.4 Å². The average Bonchev–Trinajstić information content (AvgIpc) is 2.89. The van der Waals surface area contributed by atoms with Crippen LogP contribution in [0.1, 0.15) is 50.7 Å². The van der Waals surface area contributed by atoms with Crippen LogP contribution in [0.25, 0.3) is 11.1 Å². The highest BCUT2D eigenvalue weighted by molar-refractivity contribution is 7.91. The van der Waals surface area contributed by atoms with E-state index in [2.05, 4.69) is 5.32 Å². The summed E-state index contributed by atoms with van der Waals surface area (Å²) in [4.78, 5) is 24.3. The Labute approximate surface area is 229 Å². The van der Waals surface area contributed by atoms with Crippen molar-refractivity contribution in [3.8, 4) is 28.4 Å². The molecule has 4 rings (SSSR count). The lowest BCUT2D eigenvalue weighted by Crippen LogP contribution is -2.38. The van der Waals surface area contributed by atoms with Crippen LogP contribution in [-0.4, -0.2) is 36.8 Å². The number of para-hydroxylation sites is 1. The zero-order chi connectivity index (χ0) is 28.3. The third-order valence-corrected chi connectivity index (χ3v) is 8.90. The van der Waals surface area contributed by atoms with Gasteiger partial charge < -0.3 is 19.4 Å². The summed E-state index contributed by atoms with van der Waals surface area (Å²) in [5.41, 5.74) is 2.73. The van der Waals surface area contributed by atoms with E-state index >= 15 is 0 Å². The largest absolute Gasteiger partial charge is 0.490 e. The maximum atomic E-state index is 12.8. The molecule has 1 saturated carbocycles. The molecule has 0 radical (unpaired) electrons. The molecule has 1 fully saturated rings. The Balaban J connectivity index is 1.79. The molecular weight excluding hydrogens is 516 g/mol. The summed E-state index contributed by atoms with van der Waals surface area (Å²) in [7, 11) is -1.86. The normalized spacial score (nSPS) is 17.5. The first-order chi connectivity index (χ1) is 18.5. The van der Waals surface area contributed by atoms with E-state index in [1.165, 1.54) is 17.6 Å². The molecule has 0 saturated heterocycles. The molecule has 1 aromatic heterocycles. The lowest BCUT2D eigenvalue weighted by atomic mass is 9.92. The van der Waals surface area contributed by atoms with E-state index in [-0.39, 0.29) is 34.3 Å². The number of carbonyl (C=O) groups excluding carboxylic acids is 1. The molecule has 1 aliphatic carbocycles. The van der Waals surface area contributed by atoms with E-state index in [4.69, 9.17) is 9.47 Å². The Morgan fingerprint density at radius 1 is 1.00 bits per heavy atom. The van der Waals surface area contributed by atoms with Crippen LogP contribution in [0.2, 0.25) is 0 Å². The molecule has 3 aromatic rings. The fourth-order valence-electron chi connectivity index (χ4n) is 4.94.